The number of hydrogen-bond acceptors (Lipinski definition) is 5. The number of amides is 1. The highest BCUT2D eigenvalue weighted by Gasteiger charge is 2.31. The monoisotopic (exact) mass is 403 g/mol. The normalized spacial score (nSPS) is 15.8. The van der Waals surface area contributed by atoms with Crippen LogP contribution >= 0.6 is 0 Å². The first kappa shape index (κ1) is 19.6. The van der Waals surface area contributed by atoms with Crippen LogP contribution in [0.2, 0.25) is 0 Å². The van der Waals surface area contributed by atoms with Crippen molar-refractivity contribution in [2.24, 2.45) is 4.40 Å². The number of anilines is 1. The van der Waals surface area contributed by atoms with Gasteiger partial charge in [-0.05, 0) is 32.1 Å². The van der Waals surface area contributed by atoms with Gasteiger partial charge in [0.25, 0.3) is 5.91 Å². The Labute approximate surface area is 163 Å². The van der Waals surface area contributed by atoms with E-state index in [1.807, 2.05) is 13.8 Å². The molecule has 1 aliphatic rings. The number of para-hydroxylation sites is 1. The van der Waals surface area contributed by atoms with E-state index < -0.39 is 16.1 Å². The van der Waals surface area contributed by atoms with Crippen molar-refractivity contribution in [2.45, 2.75) is 19.9 Å². The summed E-state index contributed by atoms with van der Waals surface area (Å²) in [6, 6.07) is 7.00. The Kier molecular flexibility index (Phi) is 5.23. The molecule has 3 rings (SSSR count). The highest BCUT2D eigenvalue weighted by atomic mass is 32.2. The lowest BCUT2D eigenvalue weighted by molar-refractivity contribution is -0.113. The molecule has 0 aliphatic carbocycles. The fourth-order valence-corrected chi connectivity index (χ4v) is 3.53. The molecule has 2 heterocycles. The van der Waals surface area contributed by atoms with Crippen LogP contribution < -0.4 is 10.1 Å². The minimum Gasteiger partial charge on any atom is -0.496 e. The fourth-order valence-electron chi connectivity index (χ4n) is 2.63. The van der Waals surface area contributed by atoms with E-state index in [1.54, 1.807) is 35.1 Å². The summed E-state index contributed by atoms with van der Waals surface area (Å²) in [4.78, 5) is 12.8. The molecule has 0 saturated carbocycles. The van der Waals surface area contributed by atoms with Crippen molar-refractivity contribution in [1.29, 1.82) is 0 Å². The molecule has 0 fully saturated rings. The smallest absolute Gasteiger partial charge is 0.345 e. The van der Waals surface area contributed by atoms with Gasteiger partial charge in [0.2, 0.25) is 0 Å². The zero-order valence-corrected chi connectivity index (χ0v) is 16.8. The lowest BCUT2D eigenvalue weighted by atomic mass is 10.1. The summed E-state index contributed by atoms with van der Waals surface area (Å²) in [5.74, 6) is -0.132. The lowest BCUT2D eigenvalue weighted by Crippen LogP contribution is -2.35. The summed E-state index contributed by atoms with van der Waals surface area (Å²) >= 11 is 0. The average molecular weight is 403 g/mol. The first-order valence-electron chi connectivity index (χ1n) is 8.52. The highest BCUT2D eigenvalue weighted by molar-refractivity contribution is 7.88. The van der Waals surface area contributed by atoms with E-state index in [-0.39, 0.29) is 17.5 Å². The third kappa shape index (κ3) is 3.77. The fraction of sp³-hybridized carbons (Fsp3) is 0.278. The summed E-state index contributed by atoms with van der Waals surface area (Å²) in [5, 5.41) is 6.83. The molecule has 0 spiro atoms. The van der Waals surface area contributed by atoms with E-state index in [4.69, 9.17) is 4.74 Å². The number of ether oxygens (including phenoxy) is 1. The molecule has 1 N–H and O–H groups in total. The van der Waals surface area contributed by atoms with Crippen molar-refractivity contribution in [3.05, 3.63) is 54.0 Å². The van der Waals surface area contributed by atoms with E-state index in [0.29, 0.717) is 17.0 Å². The molecule has 1 aromatic carbocycles. The van der Waals surface area contributed by atoms with Crippen molar-refractivity contribution >= 4 is 27.5 Å². The van der Waals surface area contributed by atoms with Crippen molar-refractivity contribution in [3.8, 4) is 5.75 Å². The number of hydrogen-bond donors (Lipinski definition) is 1. The van der Waals surface area contributed by atoms with Gasteiger partial charge in [-0.1, -0.05) is 12.1 Å². The van der Waals surface area contributed by atoms with Crippen LogP contribution in [0.15, 0.2) is 52.8 Å². The molecule has 9 nitrogen and oxygen atoms in total. The number of methoxy groups -OCH3 is 1. The number of likely N-dealkylation sites (N-methyl/N-ethyl adjacent to an activating group) is 1. The molecule has 28 heavy (non-hydrogen) atoms. The first-order chi connectivity index (χ1) is 13.2. The Morgan fingerprint density at radius 2 is 1.96 bits per heavy atom. The van der Waals surface area contributed by atoms with Gasteiger partial charge in [0.15, 0.2) is 0 Å². The van der Waals surface area contributed by atoms with E-state index in [1.165, 1.54) is 26.4 Å². The number of carbonyl (C=O) groups excluding carboxylic acids is 1. The first-order valence-corrected chi connectivity index (χ1v) is 9.92. The van der Waals surface area contributed by atoms with Crippen LogP contribution in [0.3, 0.4) is 0 Å². The number of carbonyl (C=O) groups is 1. The van der Waals surface area contributed by atoms with Gasteiger partial charge < -0.3 is 10.1 Å². The second kappa shape index (κ2) is 7.47. The van der Waals surface area contributed by atoms with Crippen LogP contribution in [0.1, 0.15) is 25.5 Å². The van der Waals surface area contributed by atoms with Crippen LogP contribution in [0, 0.1) is 0 Å². The second-order valence-corrected chi connectivity index (χ2v) is 8.03. The molecule has 1 amide bonds. The largest absolute Gasteiger partial charge is 0.496 e. The zero-order valence-electron chi connectivity index (χ0n) is 15.9. The quantitative estimate of drug-likeness (QED) is 0.822. The molecule has 0 atom stereocenters. The van der Waals surface area contributed by atoms with Gasteiger partial charge in [-0.15, -0.1) is 4.40 Å². The summed E-state index contributed by atoms with van der Waals surface area (Å²) in [6.45, 7) is 3.91. The van der Waals surface area contributed by atoms with Crippen LogP contribution in [-0.2, 0) is 15.0 Å². The predicted molar refractivity (Wildman–Crippen MR) is 106 cm³/mol. The second-order valence-electron chi connectivity index (χ2n) is 6.41. The van der Waals surface area contributed by atoms with Crippen molar-refractivity contribution in [2.75, 3.05) is 19.5 Å². The number of aromatic nitrogens is 2. The highest BCUT2D eigenvalue weighted by Crippen LogP contribution is 2.25. The molecule has 0 saturated heterocycles. The van der Waals surface area contributed by atoms with Crippen LogP contribution in [-0.4, -0.2) is 48.3 Å². The molecule has 0 radical (unpaired) electrons. The standard InChI is InChI=1S/C18H21N5O4S/c1-12(2)23-11-13(10-19-23)20-18(24)16-9-15(21-28(25,26)22(16)3)14-7-5-6-8-17(14)27-4/h5-12H,1-4H3,(H,20,24). The Bertz CT molecular complexity index is 1070. The Balaban J connectivity index is 1.97. The van der Waals surface area contributed by atoms with Gasteiger partial charge in [-0.3, -0.25) is 9.48 Å². The summed E-state index contributed by atoms with van der Waals surface area (Å²) in [7, 11) is -1.31. The number of rotatable bonds is 5. The third-order valence-corrected chi connectivity index (χ3v) is 5.49. The summed E-state index contributed by atoms with van der Waals surface area (Å²) in [6.07, 6.45) is 4.60. The minimum atomic E-state index is -4.06. The van der Waals surface area contributed by atoms with Gasteiger partial charge in [-0.2, -0.15) is 13.5 Å². The molecular weight excluding hydrogens is 382 g/mol. The third-order valence-electron chi connectivity index (χ3n) is 4.18. The summed E-state index contributed by atoms with van der Waals surface area (Å²) < 4.78 is 36.6. The molecule has 10 heteroatoms. The maximum Gasteiger partial charge on any atom is 0.345 e. The van der Waals surface area contributed by atoms with Crippen LogP contribution in [0.4, 0.5) is 5.69 Å². The average Bonchev–Trinajstić information content (AvgIpc) is 3.12. The van der Waals surface area contributed by atoms with E-state index >= 15 is 0 Å². The van der Waals surface area contributed by atoms with Crippen LogP contribution in [0.25, 0.3) is 0 Å². The number of nitrogens with one attached hydrogen (secondary N) is 1. The lowest BCUT2D eigenvalue weighted by Gasteiger charge is -2.23. The molecule has 2 aromatic rings. The van der Waals surface area contributed by atoms with Crippen molar-refractivity contribution in [1.82, 2.24) is 14.1 Å². The van der Waals surface area contributed by atoms with Gasteiger partial charge in [0.05, 0.1) is 24.7 Å². The molecule has 1 aliphatic heterocycles. The van der Waals surface area contributed by atoms with Gasteiger partial charge in [-0.25, -0.2) is 4.31 Å². The predicted octanol–water partition coefficient (Wildman–Crippen LogP) is 1.97. The molecule has 0 unspecified atom stereocenters. The maximum atomic E-state index is 12.8. The Morgan fingerprint density at radius 1 is 1.25 bits per heavy atom. The maximum absolute atomic E-state index is 12.8. The van der Waals surface area contributed by atoms with Crippen molar-refractivity contribution < 1.29 is 17.9 Å². The topological polar surface area (TPSA) is 106 Å². The van der Waals surface area contributed by atoms with Crippen molar-refractivity contribution in [3.63, 3.8) is 0 Å². The van der Waals surface area contributed by atoms with Gasteiger partial charge >= 0.3 is 10.2 Å². The Morgan fingerprint density at radius 3 is 2.61 bits per heavy atom. The van der Waals surface area contributed by atoms with E-state index in [9.17, 15) is 13.2 Å². The van der Waals surface area contributed by atoms with Crippen LogP contribution in [0.5, 0.6) is 5.75 Å². The molecule has 1 aromatic heterocycles. The van der Waals surface area contributed by atoms with Gasteiger partial charge in [0.1, 0.15) is 11.4 Å². The number of nitrogens with zero attached hydrogens (tertiary/aromatic N) is 4. The number of benzene rings is 1. The number of allylic oxidation sites excluding steroid dienone is 1. The van der Waals surface area contributed by atoms with Gasteiger partial charge in [0, 0.05) is 24.8 Å². The zero-order chi connectivity index (χ0) is 20.5. The summed E-state index contributed by atoms with van der Waals surface area (Å²) in [5.41, 5.74) is 0.998. The van der Waals surface area contributed by atoms with E-state index in [0.717, 1.165) is 4.31 Å². The SMILES string of the molecule is COc1ccccc1C1=NS(=O)(=O)N(C)C(C(=O)Nc2cnn(C(C)C)c2)=C1. The molecule has 0 bridgehead atoms. The van der Waals surface area contributed by atoms with E-state index in [2.05, 4.69) is 14.8 Å². The minimum absolute atomic E-state index is 0.0618. The Hall–Kier alpha value is -3.14. The molecule has 148 valence electrons. The molecular formula is C18H21N5O4S.